The lowest BCUT2D eigenvalue weighted by Crippen LogP contribution is -2.62. The van der Waals surface area contributed by atoms with E-state index in [2.05, 4.69) is 20.3 Å². The first kappa shape index (κ1) is 26.7. The molecule has 1 fully saturated rings. The van der Waals surface area contributed by atoms with E-state index in [9.17, 15) is 20.1 Å². The number of nitrogens with zero attached hydrogens (tertiary/aromatic N) is 4. The Balaban J connectivity index is 1.69. The van der Waals surface area contributed by atoms with Crippen LogP contribution in [0.25, 0.3) is 11.2 Å². The number of hydrogen-bond donors (Lipinski definition) is 4. The predicted molar refractivity (Wildman–Crippen MR) is 151 cm³/mol. The van der Waals surface area contributed by atoms with Crippen LogP contribution in [0.4, 0.5) is 5.95 Å². The van der Waals surface area contributed by atoms with Crippen LogP contribution in [0.2, 0.25) is 0 Å². The molecule has 41 heavy (non-hydrogen) atoms. The van der Waals surface area contributed by atoms with E-state index in [4.69, 9.17) is 4.74 Å². The number of aromatic nitrogens is 4. The maximum atomic E-state index is 13.3. The number of anilines is 1. The molecular formula is C31H29N5O5. The van der Waals surface area contributed by atoms with Gasteiger partial charge in [-0.05, 0) is 16.7 Å². The minimum Gasteiger partial charge on any atom is -0.394 e. The fraction of sp³-hybridized carbons (Fsp3) is 0.226. The molecule has 0 unspecified atom stereocenters. The van der Waals surface area contributed by atoms with Crippen molar-refractivity contribution < 1.29 is 24.9 Å². The number of benzene rings is 3. The molecule has 5 aromatic rings. The van der Waals surface area contributed by atoms with Gasteiger partial charge in [0.2, 0.25) is 11.9 Å². The smallest absolute Gasteiger partial charge is 0.231 e. The van der Waals surface area contributed by atoms with Crippen molar-refractivity contribution in [3.05, 3.63) is 120 Å². The van der Waals surface area contributed by atoms with E-state index in [0.717, 1.165) is 0 Å². The zero-order valence-electron chi connectivity index (χ0n) is 22.2. The molecular weight excluding hydrogens is 522 g/mol. The van der Waals surface area contributed by atoms with Crippen LogP contribution in [0.3, 0.4) is 0 Å². The first-order valence-electron chi connectivity index (χ1n) is 13.2. The number of carbonyl (C=O) groups excluding carboxylic acids is 1. The van der Waals surface area contributed by atoms with Crippen molar-refractivity contribution in [3.63, 3.8) is 0 Å². The number of fused-ring (bicyclic) bond motifs is 1. The van der Waals surface area contributed by atoms with Gasteiger partial charge in [-0.25, -0.2) is 9.97 Å². The van der Waals surface area contributed by atoms with Crippen molar-refractivity contribution in [2.45, 2.75) is 36.4 Å². The van der Waals surface area contributed by atoms with Gasteiger partial charge in [0.15, 0.2) is 17.5 Å². The largest absolute Gasteiger partial charge is 0.394 e. The zero-order valence-corrected chi connectivity index (χ0v) is 22.2. The van der Waals surface area contributed by atoms with Crippen LogP contribution >= 0.6 is 0 Å². The summed E-state index contributed by atoms with van der Waals surface area (Å²) < 4.78 is 7.83. The third-order valence-corrected chi connectivity index (χ3v) is 7.74. The molecule has 1 aliphatic rings. The number of aliphatic hydroxyl groups is 3. The average molecular weight is 552 g/mol. The van der Waals surface area contributed by atoms with E-state index in [1.807, 2.05) is 91.0 Å². The number of carbonyl (C=O) groups is 1. The highest BCUT2D eigenvalue weighted by molar-refractivity contribution is 5.87. The number of amides is 1. The lowest BCUT2D eigenvalue weighted by molar-refractivity contribution is -0.136. The van der Waals surface area contributed by atoms with E-state index in [0.29, 0.717) is 22.2 Å². The molecule has 4 atom stereocenters. The molecule has 0 bridgehead atoms. The Labute approximate surface area is 235 Å². The Morgan fingerprint density at radius 2 is 1.49 bits per heavy atom. The number of ether oxygens (including phenoxy) is 1. The van der Waals surface area contributed by atoms with Gasteiger partial charge in [0.25, 0.3) is 0 Å². The molecule has 0 spiro atoms. The molecule has 2 aromatic heterocycles. The summed E-state index contributed by atoms with van der Waals surface area (Å²) in [5.74, 6) is -0.302. The summed E-state index contributed by atoms with van der Waals surface area (Å²) in [5, 5.41) is 38.2. The molecule has 6 rings (SSSR count). The SMILES string of the molecule is CC(=O)Nc1ncc2ncn([C@@H]3O[C@H](CO)[C@@H](O)[C@]3(O)C(c3ccccc3)(c3ccccc3)c3ccccc3)c2n1. The quantitative estimate of drug-likeness (QED) is 0.226. The van der Waals surface area contributed by atoms with Crippen LogP contribution in [0.15, 0.2) is 104 Å². The third-order valence-electron chi connectivity index (χ3n) is 7.74. The molecule has 0 aliphatic carbocycles. The molecule has 1 saturated heterocycles. The van der Waals surface area contributed by atoms with Crippen LogP contribution < -0.4 is 5.32 Å². The Morgan fingerprint density at radius 1 is 0.951 bits per heavy atom. The lowest BCUT2D eigenvalue weighted by atomic mass is 9.57. The number of rotatable bonds is 7. The summed E-state index contributed by atoms with van der Waals surface area (Å²) in [6.07, 6.45) is -1.09. The van der Waals surface area contributed by atoms with Crippen molar-refractivity contribution in [3.8, 4) is 0 Å². The molecule has 3 aromatic carbocycles. The average Bonchev–Trinajstić information content (AvgIpc) is 3.52. The van der Waals surface area contributed by atoms with E-state index < -0.39 is 36.1 Å². The van der Waals surface area contributed by atoms with E-state index >= 15 is 0 Å². The normalized spacial score (nSPS) is 22.6. The first-order chi connectivity index (χ1) is 19.9. The van der Waals surface area contributed by atoms with Crippen LogP contribution in [-0.2, 0) is 14.9 Å². The summed E-state index contributed by atoms with van der Waals surface area (Å²) in [6.45, 7) is 0.799. The highest BCUT2D eigenvalue weighted by Gasteiger charge is 2.68. The summed E-state index contributed by atoms with van der Waals surface area (Å²) in [5.41, 5.74) is -0.790. The highest BCUT2D eigenvalue weighted by Crippen LogP contribution is 2.57. The van der Waals surface area contributed by atoms with Gasteiger partial charge in [0, 0.05) is 6.92 Å². The van der Waals surface area contributed by atoms with E-state index in [1.54, 1.807) is 0 Å². The summed E-state index contributed by atoms with van der Waals surface area (Å²) in [7, 11) is 0. The van der Waals surface area contributed by atoms with Crippen molar-refractivity contribution >= 4 is 23.0 Å². The maximum Gasteiger partial charge on any atom is 0.231 e. The van der Waals surface area contributed by atoms with E-state index in [-0.39, 0.29) is 17.5 Å². The Morgan fingerprint density at radius 3 is 1.98 bits per heavy atom. The monoisotopic (exact) mass is 551 g/mol. The standard InChI is InChI=1S/C31H29N5O5/c1-20(38)34-29-32-17-24-27(35-29)36(19-33-24)28-31(40,26(39)25(18-37)41-28)30(21-11-5-2-6-12-21,22-13-7-3-8-14-22)23-15-9-4-10-16-23/h2-17,19,25-26,28,37,39-40H,18H2,1H3,(H,32,34,35,38)/t25-,26-,28-,31-/m1/s1. The summed E-state index contributed by atoms with van der Waals surface area (Å²) in [4.78, 5) is 24.8. The Kier molecular flexibility index (Phi) is 6.84. The zero-order chi connectivity index (χ0) is 28.6. The van der Waals surface area contributed by atoms with Gasteiger partial charge in [0.05, 0.1) is 24.5 Å². The second kappa shape index (κ2) is 10.5. The minimum atomic E-state index is -2.13. The summed E-state index contributed by atoms with van der Waals surface area (Å²) >= 11 is 0. The van der Waals surface area contributed by atoms with Gasteiger partial charge >= 0.3 is 0 Å². The van der Waals surface area contributed by atoms with Crippen LogP contribution in [0.5, 0.6) is 0 Å². The molecule has 3 heterocycles. The molecule has 1 aliphatic heterocycles. The van der Waals surface area contributed by atoms with Crippen LogP contribution in [0.1, 0.15) is 29.8 Å². The lowest BCUT2D eigenvalue weighted by Gasteiger charge is -2.50. The van der Waals surface area contributed by atoms with Crippen molar-refractivity contribution in [1.82, 2.24) is 19.5 Å². The molecule has 10 nitrogen and oxygen atoms in total. The van der Waals surface area contributed by atoms with Crippen molar-refractivity contribution in [1.29, 1.82) is 0 Å². The van der Waals surface area contributed by atoms with Gasteiger partial charge in [0.1, 0.15) is 17.7 Å². The predicted octanol–water partition coefficient (Wildman–Crippen LogP) is 2.80. The number of hydrogen-bond acceptors (Lipinski definition) is 8. The highest BCUT2D eigenvalue weighted by atomic mass is 16.6. The molecule has 4 N–H and O–H groups in total. The number of nitrogens with one attached hydrogen (secondary N) is 1. The fourth-order valence-corrected chi connectivity index (χ4v) is 6.07. The van der Waals surface area contributed by atoms with Gasteiger partial charge in [-0.1, -0.05) is 91.0 Å². The van der Waals surface area contributed by atoms with Crippen molar-refractivity contribution in [2.24, 2.45) is 0 Å². The van der Waals surface area contributed by atoms with Gasteiger partial charge in [-0.15, -0.1) is 0 Å². The van der Waals surface area contributed by atoms with Crippen LogP contribution in [-0.4, -0.2) is 65.2 Å². The second-order valence-electron chi connectivity index (χ2n) is 10.1. The maximum absolute atomic E-state index is 13.3. The van der Waals surface area contributed by atoms with Gasteiger partial charge in [-0.3, -0.25) is 14.7 Å². The second-order valence-corrected chi connectivity index (χ2v) is 10.1. The molecule has 0 saturated carbocycles. The molecule has 10 heteroatoms. The van der Waals surface area contributed by atoms with E-state index in [1.165, 1.54) is 24.0 Å². The Hall–Kier alpha value is -4.48. The number of imidazole rings is 1. The first-order valence-corrected chi connectivity index (χ1v) is 13.2. The number of aliphatic hydroxyl groups excluding tert-OH is 2. The summed E-state index contributed by atoms with van der Waals surface area (Å²) in [6, 6.07) is 28.3. The van der Waals surface area contributed by atoms with Crippen molar-refractivity contribution in [2.75, 3.05) is 11.9 Å². The molecule has 1 amide bonds. The van der Waals surface area contributed by atoms with Gasteiger partial charge < -0.3 is 20.1 Å². The minimum absolute atomic E-state index is 0.0491. The Bertz CT molecular complexity index is 1570. The van der Waals surface area contributed by atoms with Gasteiger partial charge in [-0.2, -0.15) is 4.98 Å². The topological polar surface area (TPSA) is 143 Å². The third kappa shape index (κ3) is 4.11. The molecule has 0 radical (unpaired) electrons. The van der Waals surface area contributed by atoms with Crippen LogP contribution in [0, 0.1) is 0 Å². The molecule has 208 valence electrons. The fourth-order valence-electron chi connectivity index (χ4n) is 6.07.